The smallest absolute Gasteiger partial charge is 0.233 e. The summed E-state index contributed by atoms with van der Waals surface area (Å²) in [5.74, 6) is -0.260. The van der Waals surface area contributed by atoms with E-state index in [0.29, 0.717) is 24.2 Å². The van der Waals surface area contributed by atoms with Gasteiger partial charge in [-0.05, 0) is 65.4 Å². The lowest BCUT2D eigenvalue weighted by Crippen LogP contribution is -2.19. The first kappa shape index (κ1) is 17.0. The van der Waals surface area contributed by atoms with Crippen molar-refractivity contribution in [3.8, 4) is 0 Å². The number of aromatic nitrogens is 1. The molecule has 0 aliphatic carbocycles. The highest BCUT2D eigenvalue weighted by atomic mass is 127. The van der Waals surface area contributed by atoms with Crippen LogP contribution in [0.3, 0.4) is 0 Å². The van der Waals surface area contributed by atoms with E-state index in [4.69, 9.17) is 0 Å². The lowest BCUT2D eigenvalue weighted by Gasteiger charge is -2.11. The van der Waals surface area contributed by atoms with Crippen LogP contribution >= 0.6 is 22.6 Å². The number of fused-ring (bicyclic) bond motifs is 1. The van der Waals surface area contributed by atoms with E-state index in [-0.39, 0.29) is 17.6 Å². The first-order valence-corrected chi connectivity index (χ1v) is 9.57. The number of rotatable bonds is 4. The number of benzene rings is 2. The fourth-order valence-corrected chi connectivity index (χ4v) is 3.77. The summed E-state index contributed by atoms with van der Waals surface area (Å²) < 4.78 is 3.10. The Kier molecular flexibility index (Phi) is 4.63. The molecule has 130 valence electrons. The average molecular weight is 456 g/mol. The number of anilines is 1. The molecule has 0 saturated carbocycles. The maximum Gasteiger partial charge on any atom is 0.233 e. The molecule has 2 aromatic carbocycles. The Morgan fingerprint density at radius 2 is 1.69 bits per heavy atom. The zero-order valence-electron chi connectivity index (χ0n) is 14.0. The molecule has 0 saturated heterocycles. The van der Waals surface area contributed by atoms with Crippen molar-refractivity contribution in [2.75, 3.05) is 5.32 Å². The highest BCUT2D eigenvalue weighted by molar-refractivity contribution is 14.1. The quantitative estimate of drug-likeness (QED) is 0.466. The molecule has 1 atom stereocenters. The van der Waals surface area contributed by atoms with E-state index in [1.807, 2.05) is 71.3 Å². The highest BCUT2D eigenvalue weighted by Gasteiger charge is 2.31. The van der Waals surface area contributed by atoms with E-state index in [0.717, 1.165) is 15.0 Å². The standard InChI is InChI=1S/C21H17IN2O2/c22-15-6-8-16(9-7-15)23-21(26)17-12-13-24-18(17)10-11-19(24)20(25)14-4-2-1-3-5-14/h1-11,17H,12-13H2,(H,23,26)/t17-/m0/s1. The lowest BCUT2D eigenvalue weighted by atomic mass is 10.0. The first-order chi connectivity index (χ1) is 12.6. The summed E-state index contributed by atoms with van der Waals surface area (Å²) >= 11 is 2.23. The molecule has 0 fully saturated rings. The maximum absolute atomic E-state index is 12.7. The van der Waals surface area contributed by atoms with Crippen molar-refractivity contribution < 1.29 is 9.59 Å². The topological polar surface area (TPSA) is 51.1 Å². The molecule has 2 heterocycles. The van der Waals surface area contributed by atoms with Gasteiger partial charge in [-0.3, -0.25) is 9.59 Å². The van der Waals surface area contributed by atoms with E-state index in [9.17, 15) is 9.59 Å². The molecule has 1 amide bonds. The van der Waals surface area contributed by atoms with Crippen molar-refractivity contribution in [3.05, 3.63) is 87.3 Å². The molecule has 1 aromatic heterocycles. The van der Waals surface area contributed by atoms with Crippen LogP contribution in [-0.2, 0) is 11.3 Å². The Hall–Kier alpha value is -2.41. The Morgan fingerprint density at radius 3 is 2.42 bits per heavy atom. The number of halogens is 1. The zero-order valence-corrected chi connectivity index (χ0v) is 16.1. The predicted octanol–water partition coefficient (Wildman–Crippen LogP) is 4.45. The second-order valence-electron chi connectivity index (χ2n) is 6.33. The van der Waals surface area contributed by atoms with Crippen molar-refractivity contribution >= 4 is 40.0 Å². The minimum Gasteiger partial charge on any atom is -0.341 e. The zero-order chi connectivity index (χ0) is 18.1. The van der Waals surface area contributed by atoms with Gasteiger partial charge in [0.2, 0.25) is 11.7 Å². The summed E-state index contributed by atoms with van der Waals surface area (Å²) in [6.07, 6.45) is 0.710. The van der Waals surface area contributed by atoms with Gasteiger partial charge in [0.1, 0.15) is 0 Å². The third-order valence-corrected chi connectivity index (χ3v) is 5.43. The van der Waals surface area contributed by atoms with E-state index in [2.05, 4.69) is 27.9 Å². The number of hydrogen-bond acceptors (Lipinski definition) is 2. The molecule has 1 N–H and O–H groups in total. The summed E-state index contributed by atoms with van der Waals surface area (Å²) in [5, 5.41) is 2.98. The van der Waals surface area contributed by atoms with Gasteiger partial charge in [-0.15, -0.1) is 0 Å². The second kappa shape index (κ2) is 7.07. The highest BCUT2D eigenvalue weighted by Crippen LogP contribution is 2.32. The number of nitrogens with one attached hydrogen (secondary N) is 1. The van der Waals surface area contributed by atoms with E-state index < -0.39 is 0 Å². The molecule has 26 heavy (non-hydrogen) atoms. The molecular formula is C21H17IN2O2. The van der Waals surface area contributed by atoms with Crippen molar-refractivity contribution in [1.29, 1.82) is 0 Å². The van der Waals surface area contributed by atoms with Crippen molar-refractivity contribution in [3.63, 3.8) is 0 Å². The van der Waals surface area contributed by atoms with Gasteiger partial charge in [-0.25, -0.2) is 0 Å². The lowest BCUT2D eigenvalue weighted by molar-refractivity contribution is -0.117. The minimum absolute atomic E-state index is 0.00413. The SMILES string of the molecule is O=C(c1ccccc1)c1ccc2n1CC[C@@H]2C(=O)Nc1ccc(I)cc1. The van der Waals surface area contributed by atoms with Crippen LogP contribution in [0.5, 0.6) is 0 Å². The van der Waals surface area contributed by atoms with Crippen LogP contribution < -0.4 is 5.32 Å². The van der Waals surface area contributed by atoms with Crippen molar-refractivity contribution in [2.24, 2.45) is 0 Å². The van der Waals surface area contributed by atoms with Crippen molar-refractivity contribution in [2.45, 2.75) is 18.9 Å². The van der Waals surface area contributed by atoms with Crippen molar-refractivity contribution in [1.82, 2.24) is 4.57 Å². The van der Waals surface area contributed by atoms with E-state index >= 15 is 0 Å². The molecule has 3 aromatic rings. The molecule has 0 unspecified atom stereocenters. The number of carbonyl (C=O) groups excluding carboxylic acids is 2. The molecule has 4 nitrogen and oxygen atoms in total. The second-order valence-corrected chi connectivity index (χ2v) is 7.57. The van der Waals surface area contributed by atoms with Gasteiger partial charge in [-0.1, -0.05) is 30.3 Å². The monoisotopic (exact) mass is 456 g/mol. The Balaban J connectivity index is 1.55. The van der Waals surface area contributed by atoms with Crippen LogP contribution in [0.15, 0.2) is 66.7 Å². The van der Waals surface area contributed by atoms with Gasteiger partial charge in [0, 0.05) is 27.1 Å². The molecule has 1 aliphatic rings. The van der Waals surface area contributed by atoms with Crippen LogP contribution in [0.25, 0.3) is 0 Å². The number of ketones is 1. The van der Waals surface area contributed by atoms with Gasteiger partial charge >= 0.3 is 0 Å². The summed E-state index contributed by atoms with van der Waals surface area (Å²) in [6.45, 7) is 0.682. The fraction of sp³-hybridized carbons (Fsp3) is 0.143. The van der Waals surface area contributed by atoms with Gasteiger partial charge in [0.25, 0.3) is 0 Å². The molecule has 0 spiro atoms. The third-order valence-electron chi connectivity index (χ3n) is 4.71. The average Bonchev–Trinajstić information content (AvgIpc) is 3.26. The van der Waals surface area contributed by atoms with Gasteiger partial charge in [-0.2, -0.15) is 0 Å². The molecule has 1 aliphatic heterocycles. The Labute approximate surface area is 165 Å². The number of hydrogen-bond donors (Lipinski definition) is 1. The summed E-state index contributed by atoms with van der Waals surface area (Å²) in [4.78, 5) is 25.4. The molecular weight excluding hydrogens is 439 g/mol. The summed E-state index contributed by atoms with van der Waals surface area (Å²) in [6, 6.07) is 20.7. The molecule has 5 heteroatoms. The van der Waals surface area contributed by atoms with Crippen LogP contribution in [0.2, 0.25) is 0 Å². The molecule has 0 bridgehead atoms. The summed E-state index contributed by atoms with van der Waals surface area (Å²) in [5.41, 5.74) is 3.02. The van der Waals surface area contributed by atoms with E-state index in [1.54, 1.807) is 0 Å². The summed E-state index contributed by atoms with van der Waals surface area (Å²) in [7, 11) is 0. The van der Waals surface area contributed by atoms with Gasteiger partial charge in [0.15, 0.2) is 0 Å². The minimum atomic E-state index is -0.230. The number of amides is 1. The van der Waals surface area contributed by atoms with Crippen LogP contribution in [0.4, 0.5) is 5.69 Å². The Morgan fingerprint density at radius 1 is 0.962 bits per heavy atom. The van der Waals surface area contributed by atoms with Crippen LogP contribution in [-0.4, -0.2) is 16.3 Å². The number of carbonyl (C=O) groups is 2. The fourth-order valence-electron chi connectivity index (χ4n) is 3.41. The molecule has 0 radical (unpaired) electrons. The van der Waals surface area contributed by atoms with Crippen LogP contribution in [0.1, 0.15) is 34.1 Å². The van der Waals surface area contributed by atoms with Gasteiger partial charge < -0.3 is 9.88 Å². The Bertz CT molecular complexity index is 961. The van der Waals surface area contributed by atoms with E-state index in [1.165, 1.54) is 0 Å². The van der Waals surface area contributed by atoms with Gasteiger partial charge in [0.05, 0.1) is 11.6 Å². The number of nitrogens with zero attached hydrogens (tertiary/aromatic N) is 1. The predicted molar refractivity (Wildman–Crippen MR) is 109 cm³/mol. The first-order valence-electron chi connectivity index (χ1n) is 8.49. The molecule has 4 rings (SSSR count). The normalized spacial score (nSPS) is 15.5. The largest absolute Gasteiger partial charge is 0.341 e. The van der Waals surface area contributed by atoms with Crippen LogP contribution in [0, 0.1) is 3.57 Å². The third kappa shape index (κ3) is 3.19. The maximum atomic E-state index is 12.7.